The van der Waals surface area contributed by atoms with E-state index in [0.717, 1.165) is 6.29 Å². The van der Waals surface area contributed by atoms with Gasteiger partial charge in [-0.1, -0.05) is 6.92 Å². The molecule has 0 aliphatic carbocycles. The number of hydrogen-bond acceptors (Lipinski definition) is 4. The van der Waals surface area contributed by atoms with Crippen molar-refractivity contribution in [1.82, 2.24) is 0 Å². The molecule has 0 heterocycles. The molecule has 1 aromatic rings. The molecule has 5 nitrogen and oxygen atoms in total. The van der Waals surface area contributed by atoms with E-state index in [1.165, 1.54) is 18.2 Å². The van der Waals surface area contributed by atoms with Crippen molar-refractivity contribution < 1.29 is 19.4 Å². The first kappa shape index (κ1) is 15.0. The Bertz CT molecular complexity index is 477. The Labute approximate surface area is 112 Å². The van der Waals surface area contributed by atoms with Crippen molar-refractivity contribution in [1.29, 1.82) is 0 Å². The zero-order valence-corrected chi connectivity index (χ0v) is 11.6. The molecule has 0 aliphatic heterocycles. The second kappa shape index (κ2) is 5.73. The Morgan fingerprint density at radius 1 is 1.42 bits per heavy atom. The highest BCUT2D eigenvalue weighted by Crippen LogP contribution is 2.27. The predicted octanol–water partition coefficient (Wildman–Crippen LogP) is 3.04. The van der Waals surface area contributed by atoms with E-state index < -0.39 is 17.6 Å². The molecule has 0 bridgehead atoms. The number of nitrogens with one attached hydrogen (secondary N) is 1. The maximum absolute atomic E-state index is 11.7. The predicted molar refractivity (Wildman–Crippen MR) is 72.4 cm³/mol. The maximum Gasteiger partial charge on any atom is 0.412 e. The number of benzene rings is 1. The average molecular weight is 265 g/mol. The minimum atomic E-state index is -0.600. The van der Waals surface area contributed by atoms with Crippen LogP contribution in [0.1, 0.15) is 39.2 Å². The Kier molecular flexibility index (Phi) is 4.53. The summed E-state index contributed by atoms with van der Waals surface area (Å²) < 4.78 is 5.14. The van der Waals surface area contributed by atoms with Gasteiger partial charge in [0.05, 0.1) is 0 Å². The van der Waals surface area contributed by atoms with Crippen LogP contribution in [0.15, 0.2) is 18.2 Å². The number of carbonyl (C=O) groups excluding carboxylic acids is 2. The van der Waals surface area contributed by atoms with E-state index >= 15 is 0 Å². The first-order chi connectivity index (χ1) is 8.73. The first-order valence-corrected chi connectivity index (χ1v) is 6.01. The standard InChI is InChI=1S/C14H19NO4/c1-9(8-16)11-7-10(17)5-6-12(11)15-13(18)19-14(2,3)4/h5-9,17H,1-4H3,(H,15,18). The van der Waals surface area contributed by atoms with Crippen LogP contribution in [-0.2, 0) is 9.53 Å². The van der Waals surface area contributed by atoms with Crippen LogP contribution in [0.5, 0.6) is 5.75 Å². The molecule has 1 unspecified atom stereocenters. The highest BCUT2D eigenvalue weighted by Gasteiger charge is 2.18. The zero-order chi connectivity index (χ0) is 14.6. The van der Waals surface area contributed by atoms with Gasteiger partial charge in [0.15, 0.2) is 0 Å². The number of hydrogen-bond donors (Lipinski definition) is 2. The van der Waals surface area contributed by atoms with Gasteiger partial charge in [0.25, 0.3) is 0 Å². The van der Waals surface area contributed by atoms with Crippen molar-refractivity contribution >= 4 is 18.1 Å². The molecule has 0 saturated heterocycles. The summed E-state index contributed by atoms with van der Waals surface area (Å²) in [6, 6.07) is 4.42. The van der Waals surface area contributed by atoms with Gasteiger partial charge in [-0.05, 0) is 44.5 Å². The van der Waals surface area contributed by atoms with Crippen LogP contribution < -0.4 is 5.32 Å². The number of ether oxygens (including phenoxy) is 1. The van der Waals surface area contributed by atoms with Crippen LogP contribution in [0.2, 0.25) is 0 Å². The normalized spacial score (nSPS) is 12.6. The van der Waals surface area contributed by atoms with Crippen molar-refractivity contribution in [3.63, 3.8) is 0 Å². The molecule has 0 fully saturated rings. The van der Waals surface area contributed by atoms with Gasteiger partial charge >= 0.3 is 6.09 Å². The maximum atomic E-state index is 11.7. The fourth-order valence-electron chi connectivity index (χ4n) is 1.53. The lowest BCUT2D eigenvalue weighted by atomic mass is 10.0. The summed E-state index contributed by atoms with van der Waals surface area (Å²) in [4.78, 5) is 22.5. The Hall–Kier alpha value is -2.04. The molecule has 2 N–H and O–H groups in total. The topological polar surface area (TPSA) is 75.6 Å². The number of amides is 1. The van der Waals surface area contributed by atoms with Gasteiger partial charge < -0.3 is 14.6 Å². The second-order valence-corrected chi connectivity index (χ2v) is 5.32. The second-order valence-electron chi connectivity index (χ2n) is 5.32. The highest BCUT2D eigenvalue weighted by atomic mass is 16.6. The van der Waals surface area contributed by atoms with Crippen LogP contribution in [0.4, 0.5) is 10.5 Å². The number of aldehydes is 1. The molecule has 0 spiro atoms. The van der Waals surface area contributed by atoms with E-state index in [0.29, 0.717) is 11.3 Å². The molecule has 1 aromatic carbocycles. The summed E-state index contributed by atoms with van der Waals surface area (Å²) in [6.07, 6.45) is 0.146. The molecule has 0 aliphatic rings. The molecular weight excluding hydrogens is 246 g/mol. The fourth-order valence-corrected chi connectivity index (χ4v) is 1.53. The molecule has 1 amide bonds. The smallest absolute Gasteiger partial charge is 0.412 e. The van der Waals surface area contributed by atoms with E-state index in [1.807, 2.05) is 0 Å². The molecule has 104 valence electrons. The monoisotopic (exact) mass is 265 g/mol. The van der Waals surface area contributed by atoms with Gasteiger partial charge in [0.1, 0.15) is 17.6 Å². The lowest BCUT2D eigenvalue weighted by molar-refractivity contribution is -0.108. The quantitative estimate of drug-likeness (QED) is 0.650. The number of carbonyl (C=O) groups is 2. The third-order valence-corrected chi connectivity index (χ3v) is 2.37. The molecule has 1 rings (SSSR count). The van der Waals surface area contributed by atoms with Gasteiger partial charge in [-0.25, -0.2) is 4.79 Å². The third kappa shape index (κ3) is 4.62. The van der Waals surface area contributed by atoms with E-state index in [-0.39, 0.29) is 5.75 Å². The summed E-state index contributed by atoms with van der Waals surface area (Å²) >= 11 is 0. The molecule has 19 heavy (non-hydrogen) atoms. The summed E-state index contributed by atoms with van der Waals surface area (Å²) in [5, 5.41) is 12.0. The number of anilines is 1. The Balaban J connectivity index is 2.95. The van der Waals surface area contributed by atoms with Crippen LogP contribution >= 0.6 is 0 Å². The lowest BCUT2D eigenvalue weighted by Crippen LogP contribution is -2.27. The highest BCUT2D eigenvalue weighted by molar-refractivity contribution is 5.87. The Morgan fingerprint density at radius 2 is 2.05 bits per heavy atom. The number of phenolic OH excluding ortho intramolecular Hbond substituents is 1. The summed E-state index contributed by atoms with van der Waals surface area (Å²) in [5.74, 6) is -0.393. The minimum Gasteiger partial charge on any atom is -0.508 e. The Morgan fingerprint density at radius 3 is 2.58 bits per heavy atom. The lowest BCUT2D eigenvalue weighted by Gasteiger charge is -2.21. The van der Waals surface area contributed by atoms with Crippen molar-refractivity contribution in [2.24, 2.45) is 0 Å². The van der Waals surface area contributed by atoms with E-state index in [9.17, 15) is 14.7 Å². The van der Waals surface area contributed by atoms with Crippen molar-refractivity contribution in [3.8, 4) is 5.75 Å². The van der Waals surface area contributed by atoms with Crippen molar-refractivity contribution in [3.05, 3.63) is 23.8 Å². The number of aromatic hydroxyl groups is 1. The van der Waals surface area contributed by atoms with E-state index in [2.05, 4.69) is 5.32 Å². The number of phenols is 1. The first-order valence-electron chi connectivity index (χ1n) is 6.01. The molecule has 5 heteroatoms. The van der Waals surface area contributed by atoms with Crippen LogP contribution in [-0.4, -0.2) is 23.1 Å². The van der Waals surface area contributed by atoms with Crippen molar-refractivity contribution in [2.45, 2.75) is 39.2 Å². The zero-order valence-electron chi connectivity index (χ0n) is 11.6. The molecule has 1 atom stereocenters. The molecule has 0 radical (unpaired) electrons. The van der Waals surface area contributed by atoms with Gasteiger partial charge in [-0.3, -0.25) is 5.32 Å². The minimum absolute atomic E-state index is 0.0402. The average Bonchev–Trinajstić information content (AvgIpc) is 2.28. The number of rotatable bonds is 3. The van der Waals surface area contributed by atoms with E-state index in [1.54, 1.807) is 27.7 Å². The van der Waals surface area contributed by atoms with Crippen LogP contribution in [0, 0.1) is 0 Å². The largest absolute Gasteiger partial charge is 0.508 e. The van der Waals surface area contributed by atoms with E-state index in [4.69, 9.17) is 4.74 Å². The molecular formula is C14H19NO4. The van der Waals surface area contributed by atoms with Crippen LogP contribution in [0.3, 0.4) is 0 Å². The SMILES string of the molecule is CC(C=O)c1cc(O)ccc1NC(=O)OC(C)(C)C. The van der Waals surface area contributed by atoms with Gasteiger partial charge in [-0.15, -0.1) is 0 Å². The summed E-state index contributed by atoms with van der Waals surface area (Å²) in [7, 11) is 0. The van der Waals surface area contributed by atoms with Gasteiger partial charge in [-0.2, -0.15) is 0 Å². The summed E-state index contributed by atoms with van der Waals surface area (Å²) in [6.45, 7) is 6.97. The van der Waals surface area contributed by atoms with Gasteiger partial charge in [0.2, 0.25) is 0 Å². The fraction of sp³-hybridized carbons (Fsp3) is 0.429. The van der Waals surface area contributed by atoms with Crippen LogP contribution in [0.25, 0.3) is 0 Å². The third-order valence-electron chi connectivity index (χ3n) is 2.37. The molecule has 0 saturated carbocycles. The summed E-state index contributed by atoms with van der Waals surface area (Å²) in [5.41, 5.74) is 0.393. The molecule has 0 aromatic heterocycles. The van der Waals surface area contributed by atoms with Crippen molar-refractivity contribution in [2.75, 3.05) is 5.32 Å². The van der Waals surface area contributed by atoms with Gasteiger partial charge in [0, 0.05) is 11.6 Å².